The number of rotatable bonds is 2. The van der Waals surface area contributed by atoms with Gasteiger partial charge in [-0.25, -0.2) is 0 Å². The maximum absolute atomic E-state index is 13.0. The lowest BCUT2D eigenvalue weighted by Crippen LogP contribution is -2.54. The van der Waals surface area contributed by atoms with Crippen molar-refractivity contribution in [3.63, 3.8) is 0 Å². The molecule has 2 fully saturated rings. The minimum Gasteiger partial charge on any atom is -0.481 e. The second-order valence-electron chi connectivity index (χ2n) is 8.84. The molecule has 0 bridgehead atoms. The normalized spacial score (nSPS) is 42.4. The van der Waals surface area contributed by atoms with E-state index in [2.05, 4.69) is 13.8 Å². The highest BCUT2D eigenvalue weighted by molar-refractivity contribution is 6.06. The molecule has 0 spiro atoms. The molecule has 0 radical (unpaired) electrons. The van der Waals surface area contributed by atoms with Crippen LogP contribution < -0.4 is 0 Å². The van der Waals surface area contributed by atoms with Crippen LogP contribution in [0.4, 0.5) is 0 Å². The number of ketones is 2. The Kier molecular flexibility index (Phi) is 4.01. The minimum absolute atomic E-state index is 0.0272. The lowest BCUT2D eigenvalue weighted by atomic mass is 9.50. The Morgan fingerprint density at radius 3 is 2.50 bits per heavy atom. The van der Waals surface area contributed by atoms with E-state index in [0.29, 0.717) is 24.8 Å². The molecule has 0 aliphatic heterocycles. The number of hydrogen-bond acceptors (Lipinski definition) is 3. The Hall–Kier alpha value is -1.45. The van der Waals surface area contributed by atoms with Crippen molar-refractivity contribution < 1.29 is 19.5 Å². The monoisotopic (exact) mass is 332 g/mol. The summed E-state index contributed by atoms with van der Waals surface area (Å²) in [6, 6.07) is 0. The van der Waals surface area contributed by atoms with Gasteiger partial charge in [-0.05, 0) is 67.4 Å². The largest absolute Gasteiger partial charge is 0.481 e. The number of Topliss-reactive ketones (excluding diaryl/α,β-unsaturated/α-hetero) is 1. The van der Waals surface area contributed by atoms with Gasteiger partial charge in [0.25, 0.3) is 0 Å². The summed E-state index contributed by atoms with van der Waals surface area (Å²) in [4.78, 5) is 37.7. The van der Waals surface area contributed by atoms with Gasteiger partial charge in [0, 0.05) is 12.3 Å². The topological polar surface area (TPSA) is 71.4 Å². The third kappa shape index (κ3) is 2.21. The molecule has 0 aromatic carbocycles. The zero-order valence-electron chi connectivity index (χ0n) is 15.1. The minimum atomic E-state index is -0.802. The average molecular weight is 332 g/mol. The first-order chi connectivity index (χ1) is 11.1. The number of carboxylic acid groups (broad SMARTS) is 1. The first kappa shape index (κ1) is 17.4. The third-order valence-corrected chi connectivity index (χ3v) is 7.25. The fraction of sp³-hybridized carbons (Fsp3) is 0.750. The van der Waals surface area contributed by atoms with E-state index < -0.39 is 16.8 Å². The van der Waals surface area contributed by atoms with Crippen LogP contribution in [0.3, 0.4) is 0 Å². The Bertz CT molecular complexity index is 632. The molecule has 3 aliphatic rings. The molecule has 0 aromatic heterocycles. The highest BCUT2D eigenvalue weighted by Gasteiger charge is 2.65. The van der Waals surface area contributed by atoms with Crippen molar-refractivity contribution in [2.75, 3.05) is 0 Å². The molecule has 1 unspecified atom stereocenters. The zero-order valence-corrected chi connectivity index (χ0v) is 15.1. The maximum atomic E-state index is 13.0. The van der Waals surface area contributed by atoms with Gasteiger partial charge in [0.2, 0.25) is 0 Å². The van der Waals surface area contributed by atoms with Crippen molar-refractivity contribution in [3.8, 4) is 0 Å². The molecule has 0 amide bonds. The van der Waals surface area contributed by atoms with Crippen LogP contribution in [0.25, 0.3) is 0 Å². The number of carboxylic acids is 1. The Morgan fingerprint density at radius 2 is 1.92 bits per heavy atom. The van der Waals surface area contributed by atoms with Crippen molar-refractivity contribution >= 4 is 17.5 Å². The second-order valence-corrected chi connectivity index (χ2v) is 8.84. The molecule has 3 rings (SSSR count). The fourth-order valence-corrected chi connectivity index (χ4v) is 6.10. The second kappa shape index (κ2) is 5.53. The van der Waals surface area contributed by atoms with Gasteiger partial charge >= 0.3 is 5.97 Å². The van der Waals surface area contributed by atoms with Crippen LogP contribution in [0.1, 0.15) is 59.8 Å². The van der Waals surface area contributed by atoms with Crippen molar-refractivity contribution in [1.82, 2.24) is 0 Å². The van der Waals surface area contributed by atoms with Gasteiger partial charge in [0.05, 0.1) is 5.41 Å². The van der Waals surface area contributed by atoms with Crippen LogP contribution in [0.15, 0.2) is 11.6 Å². The summed E-state index contributed by atoms with van der Waals surface area (Å²) < 4.78 is 0. The summed E-state index contributed by atoms with van der Waals surface area (Å²) in [7, 11) is 0. The van der Waals surface area contributed by atoms with Crippen LogP contribution in [0.2, 0.25) is 0 Å². The molecule has 1 N–H and O–H groups in total. The van der Waals surface area contributed by atoms with E-state index in [-0.39, 0.29) is 35.2 Å². The van der Waals surface area contributed by atoms with Gasteiger partial charge < -0.3 is 5.11 Å². The summed E-state index contributed by atoms with van der Waals surface area (Å²) in [5, 5.41) is 10.2. The van der Waals surface area contributed by atoms with Crippen molar-refractivity contribution in [2.24, 2.45) is 34.5 Å². The maximum Gasteiger partial charge on any atom is 0.310 e. The number of carbonyl (C=O) groups excluding carboxylic acids is 2. The molecule has 5 atom stereocenters. The number of aliphatic carboxylic acids is 1. The van der Waals surface area contributed by atoms with E-state index >= 15 is 0 Å². The van der Waals surface area contributed by atoms with Gasteiger partial charge in [-0.1, -0.05) is 20.8 Å². The summed E-state index contributed by atoms with van der Waals surface area (Å²) in [5.41, 5.74) is -0.684. The number of carbonyl (C=O) groups is 3. The molecule has 0 saturated heterocycles. The van der Waals surface area contributed by atoms with E-state index in [9.17, 15) is 19.5 Å². The van der Waals surface area contributed by atoms with Gasteiger partial charge in [0.1, 0.15) is 0 Å². The Balaban J connectivity index is 2.11. The molecule has 24 heavy (non-hydrogen) atoms. The molecule has 0 aromatic rings. The lowest BCUT2D eigenvalue weighted by molar-refractivity contribution is -0.168. The van der Waals surface area contributed by atoms with Crippen LogP contribution in [0.5, 0.6) is 0 Å². The highest BCUT2D eigenvalue weighted by Crippen LogP contribution is 2.65. The molecule has 4 nitrogen and oxygen atoms in total. The van der Waals surface area contributed by atoms with Crippen LogP contribution in [0, 0.1) is 34.5 Å². The summed E-state index contributed by atoms with van der Waals surface area (Å²) in [6.45, 7) is 7.91. The predicted molar refractivity (Wildman–Crippen MR) is 90.3 cm³/mol. The number of allylic oxidation sites excluding steroid dienone is 2. The third-order valence-electron chi connectivity index (χ3n) is 7.25. The lowest BCUT2D eigenvalue weighted by Gasteiger charge is -2.52. The standard InChI is InChI=1S/C20H28O4/c1-11(2)13-5-6-14-17-15(21)9-12(3)16(22)10-19(17,4)7-8-20(13,14)18(23)24/h9,11,13-14,17H,5-8,10H2,1-4H3,(H,23,24)/t13-,14?,17+,19+,20+/m1/s1. The summed E-state index contributed by atoms with van der Waals surface area (Å²) in [6.07, 6.45) is 4.72. The van der Waals surface area contributed by atoms with Gasteiger partial charge in [0.15, 0.2) is 11.6 Å². The molecule has 132 valence electrons. The van der Waals surface area contributed by atoms with E-state index in [1.165, 1.54) is 6.08 Å². The van der Waals surface area contributed by atoms with Crippen molar-refractivity contribution in [1.29, 1.82) is 0 Å². The van der Waals surface area contributed by atoms with Crippen molar-refractivity contribution in [3.05, 3.63) is 11.6 Å². The van der Waals surface area contributed by atoms with Crippen molar-refractivity contribution in [2.45, 2.75) is 59.8 Å². The van der Waals surface area contributed by atoms with E-state index in [1.807, 2.05) is 6.92 Å². The summed E-state index contributed by atoms with van der Waals surface area (Å²) >= 11 is 0. The Morgan fingerprint density at radius 1 is 1.25 bits per heavy atom. The first-order valence-corrected chi connectivity index (χ1v) is 9.12. The van der Waals surface area contributed by atoms with Gasteiger partial charge in [-0.15, -0.1) is 0 Å². The van der Waals surface area contributed by atoms with Gasteiger partial charge in [-0.3, -0.25) is 14.4 Å². The SMILES string of the molecule is CC1=CC(=O)[C@@H]2C3CC[C@H](C(C)C)[C@@]3(C(=O)O)CC[C@@]2(C)CC1=O. The molecule has 4 heteroatoms. The average Bonchev–Trinajstić information content (AvgIpc) is 2.83. The number of hydrogen-bond donors (Lipinski definition) is 1. The highest BCUT2D eigenvalue weighted by atomic mass is 16.4. The smallest absolute Gasteiger partial charge is 0.310 e. The van der Waals surface area contributed by atoms with E-state index in [1.54, 1.807) is 6.92 Å². The molecule has 3 aliphatic carbocycles. The Labute approximate surface area is 143 Å². The molecule has 2 saturated carbocycles. The van der Waals surface area contributed by atoms with E-state index in [4.69, 9.17) is 0 Å². The fourth-order valence-electron chi connectivity index (χ4n) is 6.10. The van der Waals surface area contributed by atoms with Crippen LogP contribution >= 0.6 is 0 Å². The van der Waals surface area contributed by atoms with Crippen LogP contribution in [-0.2, 0) is 14.4 Å². The summed E-state index contributed by atoms with van der Waals surface area (Å²) in [5.74, 6) is -0.822. The zero-order chi connectivity index (χ0) is 17.9. The predicted octanol–water partition coefficient (Wildman–Crippen LogP) is 3.64. The number of fused-ring (bicyclic) bond motifs is 3. The molecular weight excluding hydrogens is 304 g/mol. The quantitative estimate of drug-likeness (QED) is 0.838. The molecular formula is C20H28O4. The molecule has 0 heterocycles. The first-order valence-electron chi connectivity index (χ1n) is 9.12. The van der Waals surface area contributed by atoms with Crippen LogP contribution in [-0.4, -0.2) is 22.6 Å². The van der Waals surface area contributed by atoms with E-state index in [0.717, 1.165) is 12.8 Å². The van der Waals surface area contributed by atoms with Gasteiger partial charge in [-0.2, -0.15) is 0 Å².